The minimum Gasteiger partial charge on any atom is -0.494 e. The molecule has 1 aromatic heterocycles. The maximum absolute atomic E-state index is 13.4. The summed E-state index contributed by atoms with van der Waals surface area (Å²) < 4.78 is 18.8. The van der Waals surface area contributed by atoms with Gasteiger partial charge in [0.1, 0.15) is 17.4 Å². The van der Waals surface area contributed by atoms with Crippen LogP contribution in [-0.4, -0.2) is 22.4 Å². The molecule has 0 amide bonds. The van der Waals surface area contributed by atoms with Gasteiger partial charge in [-0.2, -0.15) is 0 Å². The summed E-state index contributed by atoms with van der Waals surface area (Å²) >= 11 is 1.37. The summed E-state index contributed by atoms with van der Waals surface area (Å²) in [6.45, 7) is 6.63. The normalized spacial score (nSPS) is 18.3. The lowest BCUT2D eigenvalue weighted by atomic mass is 9.69. The first-order valence-corrected chi connectivity index (χ1v) is 13.0. The highest BCUT2D eigenvalue weighted by Crippen LogP contribution is 2.47. The highest BCUT2D eigenvalue weighted by Gasteiger charge is 2.42. The molecule has 3 aromatic rings. The zero-order valence-electron chi connectivity index (χ0n) is 20.5. The van der Waals surface area contributed by atoms with Crippen LogP contribution in [-0.2, 0) is 10.5 Å². The Labute approximate surface area is 213 Å². The van der Waals surface area contributed by atoms with Crippen LogP contribution >= 0.6 is 11.8 Å². The molecule has 36 heavy (non-hydrogen) atoms. The molecule has 1 unspecified atom stereocenters. The second kappa shape index (κ2) is 9.58. The Balaban J connectivity index is 1.55. The van der Waals surface area contributed by atoms with Gasteiger partial charge in [0.2, 0.25) is 0 Å². The Morgan fingerprint density at radius 1 is 1.08 bits per heavy atom. The SMILES string of the molecule is CCOc1ccc(C2C3=C(CC(C)(C)CC3=O)Nc3nc(SCc4ccc(F)cc4)[nH]c(=O)c32)cc1. The van der Waals surface area contributed by atoms with E-state index in [9.17, 15) is 14.0 Å². The fourth-order valence-corrected chi connectivity index (χ4v) is 5.77. The summed E-state index contributed by atoms with van der Waals surface area (Å²) in [6.07, 6.45) is 1.11. The molecule has 1 aliphatic carbocycles. The zero-order chi connectivity index (χ0) is 25.4. The maximum Gasteiger partial charge on any atom is 0.257 e. The number of aromatic nitrogens is 2. The summed E-state index contributed by atoms with van der Waals surface area (Å²) in [4.78, 5) is 34.5. The molecule has 0 spiro atoms. The van der Waals surface area contributed by atoms with Crippen molar-refractivity contribution in [2.45, 2.75) is 50.4 Å². The number of carbonyl (C=O) groups is 1. The number of hydrogen-bond donors (Lipinski definition) is 2. The molecule has 2 aliphatic rings. The lowest BCUT2D eigenvalue weighted by molar-refractivity contribution is -0.118. The van der Waals surface area contributed by atoms with Crippen LogP contribution in [0.3, 0.4) is 0 Å². The third-order valence-corrected chi connectivity index (χ3v) is 7.46. The van der Waals surface area contributed by atoms with Crippen LogP contribution in [0, 0.1) is 11.2 Å². The summed E-state index contributed by atoms with van der Waals surface area (Å²) in [6, 6.07) is 13.8. The number of H-pyrrole nitrogens is 1. The molecule has 0 radical (unpaired) electrons. The molecular formula is C28H28FN3O3S. The number of hydrogen-bond acceptors (Lipinski definition) is 6. The summed E-state index contributed by atoms with van der Waals surface area (Å²) in [5, 5.41) is 3.81. The molecule has 186 valence electrons. The summed E-state index contributed by atoms with van der Waals surface area (Å²) in [7, 11) is 0. The van der Waals surface area contributed by atoms with E-state index in [0.29, 0.717) is 47.3 Å². The number of thioether (sulfide) groups is 1. The number of rotatable bonds is 6. The number of aromatic amines is 1. The number of Topliss-reactive ketones (excluding diaryl/α,β-unsaturated/α-hetero) is 1. The molecule has 0 bridgehead atoms. The predicted molar refractivity (Wildman–Crippen MR) is 139 cm³/mol. The number of allylic oxidation sites excluding steroid dienone is 2. The van der Waals surface area contributed by atoms with Crippen molar-refractivity contribution >= 4 is 23.4 Å². The highest BCUT2D eigenvalue weighted by molar-refractivity contribution is 7.98. The van der Waals surface area contributed by atoms with Gasteiger partial charge in [-0.3, -0.25) is 9.59 Å². The van der Waals surface area contributed by atoms with Crippen molar-refractivity contribution in [3.8, 4) is 5.75 Å². The van der Waals surface area contributed by atoms with Crippen molar-refractivity contribution in [3.63, 3.8) is 0 Å². The topological polar surface area (TPSA) is 84.1 Å². The standard InChI is InChI=1S/C28H28FN3O3S/c1-4-35-19-11-7-17(8-12-19)22-23-20(13-28(2,3)14-21(23)33)30-25-24(22)26(34)32-27(31-25)36-15-16-5-9-18(29)10-6-16/h5-12,22H,4,13-15H2,1-3H3,(H2,30,31,32,34). The molecule has 0 saturated heterocycles. The number of nitrogens with one attached hydrogen (secondary N) is 2. The van der Waals surface area contributed by atoms with Crippen molar-refractivity contribution in [1.82, 2.24) is 9.97 Å². The molecule has 0 fully saturated rings. The second-order valence-electron chi connectivity index (χ2n) is 9.94. The van der Waals surface area contributed by atoms with Gasteiger partial charge in [-0.05, 0) is 54.2 Å². The van der Waals surface area contributed by atoms with Crippen LogP contribution < -0.4 is 15.6 Å². The van der Waals surface area contributed by atoms with Crippen LogP contribution in [0.25, 0.3) is 0 Å². The molecule has 6 nitrogen and oxygen atoms in total. The quantitative estimate of drug-likeness (QED) is 0.325. The van der Waals surface area contributed by atoms with Crippen LogP contribution in [0.2, 0.25) is 0 Å². The van der Waals surface area contributed by atoms with Crippen LogP contribution in [0.15, 0.2) is 69.8 Å². The van der Waals surface area contributed by atoms with E-state index in [0.717, 1.165) is 22.6 Å². The first-order chi connectivity index (χ1) is 17.2. The Morgan fingerprint density at radius 2 is 1.81 bits per heavy atom. The Hall–Kier alpha value is -3.39. The minimum atomic E-state index is -0.511. The van der Waals surface area contributed by atoms with Gasteiger partial charge < -0.3 is 15.0 Å². The number of halogens is 1. The highest BCUT2D eigenvalue weighted by atomic mass is 32.2. The van der Waals surface area contributed by atoms with E-state index >= 15 is 0 Å². The number of benzene rings is 2. The van der Waals surface area contributed by atoms with E-state index in [1.165, 1.54) is 23.9 Å². The molecule has 2 aromatic carbocycles. The number of ether oxygens (including phenoxy) is 1. The molecule has 5 rings (SSSR count). The molecule has 1 aliphatic heterocycles. The maximum atomic E-state index is 13.4. The third-order valence-electron chi connectivity index (χ3n) is 6.51. The molecule has 0 saturated carbocycles. The lowest BCUT2D eigenvalue weighted by Crippen LogP contribution is -2.37. The van der Waals surface area contributed by atoms with E-state index in [2.05, 4.69) is 24.1 Å². The molecule has 2 heterocycles. The second-order valence-corrected chi connectivity index (χ2v) is 10.9. The van der Waals surface area contributed by atoms with E-state index in [-0.39, 0.29) is 22.6 Å². The minimum absolute atomic E-state index is 0.0486. The van der Waals surface area contributed by atoms with Crippen molar-refractivity contribution in [1.29, 1.82) is 0 Å². The number of anilines is 1. The first kappa shape index (κ1) is 24.3. The van der Waals surface area contributed by atoms with Gasteiger partial charge in [0.25, 0.3) is 5.56 Å². The number of fused-ring (bicyclic) bond motifs is 1. The average molecular weight is 506 g/mol. The van der Waals surface area contributed by atoms with Gasteiger partial charge in [0.15, 0.2) is 10.9 Å². The van der Waals surface area contributed by atoms with Gasteiger partial charge in [-0.1, -0.05) is 49.9 Å². The van der Waals surface area contributed by atoms with E-state index in [1.807, 2.05) is 31.2 Å². The van der Waals surface area contributed by atoms with Gasteiger partial charge in [0, 0.05) is 29.4 Å². The fourth-order valence-electron chi connectivity index (χ4n) is 4.95. The van der Waals surface area contributed by atoms with Crippen molar-refractivity contribution < 1.29 is 13.9 Å². The molecule has 1 atom stereocenters. The molecule has 8 heteroatoms. The number of nitrogens with zero attached hydrogens (tertiary/aromatic N) is 1. The lowest BCUT2D eigenvalue weighted by Gasteiger charge is -2.38. The van der Waals surface area contributed by atoms with Crippen molar-refractivity contribution in [2.24, 2.45) is 5.41 Å². The summed E-state index contributed by atoms with van der Waals surface area (Å²) in [5.41, 5.74) is 3.22. The average Bonchev–Trinajstić information content (AvgIpc) is 2.82. The van der Waals surface area contributed by atoms with E-state index in [4.69, 9.17) is 9.72 Å². The summed E-state index contributed by atoms with van der Waals surface area (Å²) in [5.74, 6) is 0.992. The van der Waals surface area contributed by atoms with Crippen LogP contribution in [0.5, 0.6) is 5.75 Å². The van der Waals surface area contributed by atoms with E-state index in [1.54, 1.807) is 12.1 Å². The third kappa shape index (κ3) is 4.82. The zero-order valence-corrected chi connectivity index (χ0v) is 21.3. The first-order valence-electron chi connectivity index (χ1n) is 12.0. The van der Waals surface area contributed by atoms with E-state index < -0.39 is 5.92 Å². The van der Waals surface area contributed by atoms with Crippen molar-refractivity contribution in [3.05, 3.63) is 92.7 Å². The fraction of sp³-hybridized carbons (Fsp3) is 0.321. The Morgan fingerprint density at radius 3 is 2.50 bits per heavy atom. The van der Waals surface area contributed by atoms with Crippen molar-refractivity contribution in [2.75, 3.05) is 11.9 Å². The predicted octanol–water partition coefficient (Wildman–Crippen LogP) is 5.80. The Bertz CT molecular complexity index is 1400. The van der Waals surface area contributed by atoms with Crippen LogP contribution in [0.4, 0.5) is 10.2 Å². The van der Waals surface area contributed by atoms with Gasteiger partial charge in [-0.15, -0.1) is 0 Å². The van der Waals surface area contributed by atoms with Gasteiger partial charge in [-0.25, -0.2) is 9.37 Å². The smallest absolute Gasteiger partial charge is 0.257 e. The monoisotopic (exact) mass is 505 g/mol. The van der Waals surface area contributed by atoms with Crippen LogP contribution in [0.1, 0.15) is 56.2 Å². The van der Waals surface area contributed by atoms with Gasteiger partial charge >= 0.3 is 0 Å². The van der Waals surface area contributed by atoms with Gasteiger partial charge in [0.05, 0.1) is 12.2 Å². The largest absolute Gasteiger partial charge is 0.494 e. The number of ketones is 1. The molecule has 2 N–H and O–H groups in total. The molecular weight excluding hydrogens is 477 g/mol. The Kier molecular flexibility index (Phi) is 6.47. The number of carbonyl (C=O) groups excluding carboxylic acids is 1.